The summed E-state index contributed by atoms with van der Waals surface area (Å²) in [6.45, 7) is 3.16. The van der Waals surface area contributed by atoms with E-state index >= 15 is 0 Å². The highest BCUT2D eigenvalue weighted by Gasteiger charge is 2.23. The maximum absolute atomic E-state index is 11.4. The number of nitrogens with zero attached hydrogens (tertiary/aromatic N) is 7. The minimum Gasteiger partial charge on any atom is -0.324 e. The van der Waals surface area contributed by atoms with Crippen molar-refractivity contribution in [3.63, 3.8) is 0 Å². The van der Waals surface area contributed by atoms with Gasteiger partial charge in [-0.3, -0.25) is 29.6 Å². The fourth-order valence-electron chi connectivity index (χ4n) is 3.28. The molecule has 0 saturated carbocycles. The summed E-state index contributed by atoms with van der Waals surface area (Å²) >= 11 is 0. The van der Waals surface area contributed by atoms with Gasteiger partial charge in [-0.25, -0.2) is 0 Å². The molecule has 0 fully saturated rings. The molecule has 0 unspecified atom stereocenters. The average Bonchev–Trinajstić information content (AvgIpc) is 3.16. The summed E-state index contributed by atoms with van der Waals surface area (Å²) in [6, 6.07) is 9.25. The van der Waals surface area contributed by atoms with Gasteiger partial charge in [-0.15, -0.1) is 0 Å². The third-order valence-electron chi connectivity index (χ3n) is 4.67. The minimum atomic E-state index is -0.466. The van der Waals surface area contributed by atoms with Crippen LogP contribution in [0.25, 0.3) is 12.2 Å². The highest BCUT2D eigenvalue weighted by molar-refractivity contribution is 5.67. The van der Waals surface area contributed by atoms with E-state index in [4.69, 9.17) is 0 Å². The Labute approximate surface area is 177 Å². The predicted molar refractivity (Wildman–Crippen MR) is 116 cm³/mol. The smallest absolute Gasteiger partial charge is 0.317 e. The lowest BCUT2D eigenvalue weighted by Crippen LogP contribution is -2.07. The lowest BCUT2D eigenvalue weighted by Gasteiger charge is -2.15. The van der Waals surface area contributed by atoms with Gasteiger partial charge < -0.3 is 4.90 Å². The summed E-state index contributed by atoms with van der Waals surface area (Å²) in [7, 11) is 3.26. The number of benzene rings is 1. The molecule has 0 aliphatic rings. The summed E-state index contributed by atoms with van der Waals surface area (Å²) in [6.07, 6.45) is 6.45. The average molecular weight is 423 g/mol. The van der Waals surface area contributed by atoms with Crippen LogP contribution in [0, 0.1) is 34.1 Å². The Hall–Kier alpha value is -4.28. The van der Waals surface area contributed by atoms with E-state index in [0.29, 0.717) is 22.8 Å². The molecule has 31 heavy (non-hydrogen) atoms. The van der Waals surface area contributed by atoms with Crippen molar-refractivity contribution in [1.29, 1.82) is 0 Å². The minimum absolute atomic E-state index is 0.0753. The third-order valence-corrected chi connectivity index (χ3v) is 4.67. The van der Waals surface area contributed by atoms with Crippen LogP contribution >= 0.6 is 0 Å². The van der Waals surface area contributed by atoms with Crippen molar-refractivity contribution < 1.29 is 9.85 Å². The molecule has 11 heteroatoms. The van der Waals surface area contributed by atoms with Gasteiger partial charge in [-0.2, -0.15) is 10.2 Å². The lowest BCUT2D eigenvalue weighted by atomic mass is 10.2. The van der Waals surface area contributed by atoms with E-state index in [0.717, 1.165) is 5.69 Å². The van der Waals surface area contributed by atoms with Crippen LogP contribution in [0.3, 0.4) is 0 Å². The molecule has 0 bridgehead atoms. The van der Waals surface area contributed by atoms with E-state index in [1.54, 1.807) is 57.4 Å². The van der Waals surface area contributed by atoms with Crippen LogP contribution in [-0.2, 0) is 14.1 Å². The van der Waals surface area contributed by atoms with Gasteiger partial charge in [0, 0.05) is 32.2 Å². The molecule has 0 radical (unpaired) electrons. The van der Waals surface area contributed by atoms with Crippen LogP contribution in [0.15, 0.2) is 42.7 Å². The summed E-state index contributed by atoms with van der Waals surface area (Å²) in [5.74, 6) is 0. The molecule has 0 N–H and O–H groups in total. The fraction of sp³-hybridized carbons (Fsp3) is 0.200. The van der Waals surface area contributed by atoms with Crippen LogP contribution in [0.4, 0.5) is 17.1 Å². The maximum Gasteiger partial charge on any atom is 0.317 e. The Morgan fingerprint density at radius 3 is 1.65 bits per heavy atom. The van der Waals surface area contributed by atoms with Crippen molar-refractivity contribution >= 4 is 29.2 Å². The molecule has 0 spiro atoms. The molecule has 0 aliphatic carbocycles. The van der Waals surface area contributed by atoms with Gasteiger partial charge in [0.05, 0.1) is 9.85 Å². The van der Waals surface area contributed by atoms with Crippen LogP contribution in [0.2, 0.25) is 0 Å². The van der Waals surface area contributed by atoms with Crippen molar-refractivity contribution in [1.82, 2.24) is 19.6 Å². The van der Waals surface area contributed by atoms with Crippen LogP contribution in [-0.4, -0.2) is 29.4 Å². The number of aromatic nitrogens is 4. The van der Waals surface area contributed by atoms with Crippen LogP contribution < -0.4 is 4.90 Å². The first-order valence-electron chi connectivity index (χ1n) is 9.26. The van der Waals surface area contributed by atoms with Crippen molar-refractivity contribution in [3.05, 3.63) is 85.7 Å². The summed E-state index contributed by atoms with van der Waals surface area (Å²) in [5, 5.41) is 31.1. The molecule has 0 saturated heterocycles. The zero-order chi connectivity index (χ0) is 22.7. The van der Waals surface area contributed by atoms with E-state index in [1.807, 2.05) is 30.3 Å². The van der Waals surface area contributed by atoms with Gasteiger partial charge >= 0.3 is 11.4 Å². The summed E-state index contributed by atoms with van der Waals surface area (Å²) < 4.78 is 2.87. The van der Waals surface area contributed by atoms with E-state index < -0.39 is 9.85 Å². The first kappa shape index (κ1) is 21.4. The zero-order valence-electron chi connectivity index (χ0n) is 17.5. The molecule has 2 aromatic heterocycles. The van der Waals surface area contributed by atoms with Crippen molar-refractivity contribution in [3.8, 4) is 0 Å². The molecular weight excluding hydrogens is 402 g/mol. The molecule has 3 rings (SSSR count). The molecule has 0 atom stereocenters. The summed E-state index contributed by atoms with van der Waals surface area (Å²) in [5.41, 5.74) is 1.91. The molecule has 0 amide bonds. The number of nitro groups is 2. The fourth-order valence-corrected chi connectivity index (χ4v) is 3.28. The molecule has 3 aromatic rings. The van der Waals surface area contributed by atoms with Crippen LogP contribution in [0.1, 0.15) is 22.8 Å². The van der Waals surface area contributed by atoms with E-state index in [2.05, 4.69) is 10.2 Å². The van der Waals surface area contributed by atoms with Gasteiger partial charge in [0.25, 0.3) is 0 Å². The van der Waals surface area contributed by atoms with Gasteiger partial charge in [0.2, 0.25) is 0 Å². The molecule has 0 aliphatic heterocycles. The second-order valence-electron chi connectivity index (χ2n) is 6.77. The number of hydrogen-bond acceptors (Lipinski definition) is 7. The Morgan fingerprint density at radius 2 is 1.26 bits per heavy atom. The Bertz CT molecular complexity index is 1120. The highest BCUT2D eigenvalue weighted by Crippen LogP contribution is 2.26. The molecule has 160 valence electrons. The Kier molecular flexibility index (Phi) is 5.95. The number of aryl methyl sites for hydroxylation is 4. The number of para-hydroxylation sites is 1. The Morgan fingerprint density at radius 1 is 0.839 bits per heavy atom. The Balaban J connectivity index is 2.05. The van der Waals surface area contributed by atoms with Gasteiger partial charge in [-0.1, -0.05) is 18.2 Å². The monoisotopic (exact) mass is 423 g/mol. The van der Waals surface area contributed by atoms with Gasteiger partial charge in [0.1, 0.15) is 22.8 Å². The number of hydrogen-bond donors (Lipinski definition) is 0. The largest absolute Gasteiger partial charge is 0.324 e. The zero-order valence-corrected chi connectivity index (χ0v) is 17.5. The SMILES string of the molecule is Cc1nn(C)c(/C=C/N(/C=C/c2c([N+](=O)[O-])c(C)nn2C)c2ccccc2)c1[N+](=O)[O-]. The van der Waals surface area contributed by atoms with E-state index in [-0.39, 0.29) is 11.4 Å². The second-order valence-corrected chi connectivity index (χ2v) is 6.77. The first-order chi connectivity index (χ1) is 14.7. The number of anilines is 1. The molecule has 11 nitrogen and oxygen atoms in total. The van der Waals surface area contributed by atoms with Crippen molar-refractivity contribution in [2.75, 3.05) is 4.90 Å². The van der Waals surface area contributed by atoms with E-state index in [9.17, 15) is 20.2 Å². The number of rotatable bonds is 7. The molecule has 2 heterocycles. The molecular formula is C20H21N7O4. The predicted octanol–water partition coefficient (Wildman–Crippen LogP) is 3.74. The molecule has 1 aromatic carbocycles. The van der Waals surface area contributed by atoms with Gasteiger partial charge in [0.15, 0.2) is 0 Å². The normalized spacial score (nSPS) is 11.5. The standard InChI is InChI=1S/C20H21N7O4/c1-14-19(26(28)29)17(23(3)21-14)10-12-25(16-8-6-5-7-9-16)13-11-18-20(27(30)31)15(2)22-24(18)4/h5-13H,1-4H3/b12-10+,13-11+. The van der Waals surface area contributed by atoms with Gasteiger partial charge in [-0.05, 0) is 38.1 Å². The lowest BCUT2D eigenvalue weighted by molar-refractivity contribution is -0.385. The third kappa shape index (κ3) is 4.34. The topological polar surface area (TPSA) is 125 Å². The van der Waals surface area contributed by atoms with Crippen molar-refractivity contribution in [2.24, 2.45) is 14.1 Å². The highest BCUT2D eigenvalue weighted by atomic mass is 16.6. The van der Waals surface area contributed by atoms with Crippen LogP contribution in [0.5, 0.6) is 0 Å². The van der Waals surface area contributed by atoms with Crippen molar-refractivity contribution in [2.45, 2.75) is 13.8 Å². The summed E-state index contributed by atoms with van der Waals surface area (Å²) in [4.78, 5) is 23.7. The quantitative estimate of drug-likeness (QED) is 0.419. The first-order valence-corrected chi connectivity index (χ1v) is 9.26. The van der Waals surface area contributed by atoms with E-state index in [1.165, 1.54) is 9.36 Å². The maximum atomic E-state index is 11.4. The second kappa shape index (κ2) is 8.61.